The maximum Gasteiger partial charge on any atom is 0.343 e. The summed E-state index contributed by atoms with van der Waals surface area (Å²) in [6.07, 6.45) is 2.50. The number of amides is 1. The Bertz CT molecular complexity index is 1050. The molecule has 148 valence electrons. The third-order valence-corrected chi connectivity index (χ3v) is 6.22. The minimum absolute atomic E-state index is 0.00759. The van der Waals surface area contributed by atoms with Crippen LogP contribution in [0.5, 0.6) is 0 Å². The largest absolute Gasteiger partial charge is 0.449 e. The van der Waals surface area contributed by atoms with Crippen LogP contribution in [0, 0.1) is 18.3 Å². The van der Waals surface area contributed by atoms with Crippen LogP contribution >= 0.6 is 0 Å². The molecule has 28 heavy (non-hydrogen) atoms. The molecule has 1 aliphatic rings. The predicted octanol–water partition coefficient (Wildman–Crippen LogP) is 1.10. The first-order valence-electron chi connectivity index (χ1n) is 8.60. The molecule has 1 fully saturated rings. The SMILES string of the molecule is Cc1oc(-n2cccc2)c(C#N)c1C(=O)O[C@@H](C)C(=O)N[C@@H]1CCS(=O)(=O)C1. The zero-order chi connectivity index (χ0) is 20.5. The second-order valence-electron chi connectivity index (χ2n) is 6.57. The van der Waals surface area contributed by atoms with Crippen molar-refractivity contribution in [2.75, 3.05) is 11.5 Å². The zero-order valence-corrected chi connectivity index (χ0v) is 16.2. The average molecular weight is 405 g/mol. The summed E-state index contributed by atoms with van der Waals surface area (Å²) in [6, 6.07) is 4.93. The monoisotopic (exact) mass is 405 g/mol. The van der Waals surface area contributed by atoms with Gasteiger partial charge in [0.2, 0.25) is 5.88 Å². The predicted molar refractivity (Wildman–Crippen MR) is 97.6 cm³/mol. The van der Waals surface area contributed by atoms with Crippen LogP contribution in [0.3, 0.4) is 0 Å². The molecule has 0 bridgehead atoms. The van der Waals surface area contributed by atoms with Crippen LogP contribution in [0.15, 0.2) is 28.9 Å². The lowest BCUT2D eigenvalue weighted by atomic mass is 10.1. The number of hydrogen-bond acceptors (Lipinski definition) is 7. The molecule has 2 aromatic heterocycles. The molecule has 3 heterocycles. The Balaban J connectivity index is 1.72. The second kappa shape index (κ2) is 7.52. The van der Waals surface area contributed by atoms with Crippen molar-refractivity contribution < 1.29 is 27.2 Å². The number of esters is 1. The minimum Gasteiger partial charge on any atom is -0.449 e. The van der Waals surface area contributed by atoms with Gasteiger partial charge in [-0.1, -0.05) is 0 Å². The molecule has 0 aromatic carbocycles. The van der Waals surface area contributed by atoms with Gasteiger partial charge in [0.15, 0.2) is 15.9 Å². The Labute approximate surface area is 161 Å². The maximum absolute atomic E-state index is 12.6. The summed E-state index contributed by atoms with van der Waals surface area (Å²) in [7, 11) is -3.14. The number of nitriles is 1. The highest BCUT2D eigenvalue weighted by Gasteiger charge is 2.32. The van der Waals surface area contributed by atoms with E-state index in [2.05, 4.69) is 5.32 Å². The number of hydrogen-bond donors (Lipinski definition) is 1. The molecule has 3 rings (SSSR count). The number of rotatable bonds is 5. The lowest BCUT2D eigenvalue weighted by Crippen LogP contribution is -2.42. The van der Waals surface area contributed by atoms with Crippen molar-refractivity contribution in [2.45, 2.75) is 32.4 Å². The molecular weight excluding hydrogens is 386 g/mol. The van der Waals surface area contributed by atoms with Crippen LogP contribution in [0.1, 0.15) is 35.0 Å². The van der Waals surface area contributed by atoms with Crippen molar-refractivity contribution >= 4 is 21.7 Å². The topological polar surface area (TPSA) is 131 Å². The highest BCUT2D eigenvalue weighted by Crippen LogP contribution is 2.26. The number of carbonyl (C=O) groups is 2. The molecular formula is C18H19N3O6S. The number of aryl methyl sites for hydroxylation is 1. The van der Waals surface area contributed by atoms with Crippen LogP contribution in [-0.4, -0.2) is 48.5 Å². The minimum atomic E-state index is -3.14. The molecule has 1 aliphatic heterocycles. The van der Waals surface area contributed by atoms with E-state index in [0.29, 0.717) is 6.42 Å². The zero-order valence-electron chi connectivity index (χ0n) is 15.3. The molecule has 0 saturated carbocycles. The lowest BCUT2D eigenvalue weighted by molar-refractivity contribution is -0.129. The quantitative estimate of drug-likeness (QED) is 0.737. The molecule has 2 atom stereocenters. The van der Waals surface area contributed by atoms with Gasteiger partial charge in [0.1, 0.15) is 23.0 Å². The van der Waals surface area contributed by atoms with E-state index < -0.39 is 33.9 Å². The molecule has 0 unspecified atom stereocenters. The lowest BCUT2D eigenvalue weighted by Gasteiger charge is -2.16. The summed E-state index contributed by atoms with van der Waals surface area (Å²) in [5, 5.41) is 12.0. The standard InChI is InChI=1S/C18H19N3O6S/c1-11-15(14(9-19)17(26-11)21-6-3-4-7-21)18(23)27-12(2)16(22)20-13-5-8-28(24,25)10-13/h3-4,6-7,12-13H,5,8,10H2,1-2H3,(H,20,22)/t12-,13+/m0/s1. The van der Waals surface area contributed by atoms with Crippen molar-refractivity contribution in [3.05, 3.63) is 41.4 Å². The van der Waals surface area contributed by atoms with Crippen molar-refractivity contribution in [3.8, 4) is 12.0 Å². The molecule has 2 aromatic rings. The molecule has 0 spiro atoms. The molecule has 1 saturated heterocycles. The highest BCUT2D eigenvalue weighted by molar-refractivity contribution is 7.91. The molecule has 1 amide bonds. The average Bonchev–Trinajstić information content (AvgIpc) is 3.33. The Morgan fingerprint density at radius 3 is 2.64 bits per heavy atom. The van der Waals surface area contributed by atoms with Crippen LogP contribution < -0.4 is 5.32 Å². The third kappa shape index (κ3) is 3.94. The summed E-state index contributed by atoms with van der Waals surface area (Å²) >= 11 is 0. The van der Waals surface area contributed by atoms with Crippen LogP contribution in [0.2, 0.25) is 0 Å². The van der Waals surface area contributed by atoms with Gasteiger partial charge in [-0.05, 0) is 32.4 Å². The second-order valence-corrected chi connectivity index (χ2v) is 8.80. The van der Waals surface area contributed by atoms with Crippen molar-refractivity contribution in [3.63, 3.8) is 0 Å². The van der Waals surface area contributed by atoms with Gasteiger partial charge < -0.3 is 14.5 Å². The Hall–Kier alpha value is -3.06. The van der Waals surface area contributed by atoms with Crippen LogP contribution in [0.25, 0.3) is 5.88 Å². The Morgan fingerprint density at radius 2 is 2.07 bits per heavy atom. The van der Waals surface area contributed by atoms with Crippen molar-refractivity contribution in [1.29, 1.82) is 5.26 Å². The Kier molecular flexibility index (Phi) is 5.29. The Morgan fingerprint density at radius 1 is 1.39 bits per heavy atom. The fourth-order valence-corrected chi connectivity index (χ4v) is 4.71. The van der Waals surface area contributed by atoms with E-state index in [-0.39, 0.29) is 34.3 Å². The van der Waals surface area contributed by atoms with Gasteiger partial charge in [-0.25, -0.2) is 13.2 Å². The number of nitrogens with zero attached hydrogens (tertiary/aromatic N) is 2. The molecule has 9 nitrogen and oxygen atoms in total. The normalized spacial score (nSPS) is 19.0. The van der Waals surface area contributed by atoms with Crippen molar-refractivity contribution in [1.82, 2.24) is 9.88 Å². The first-order chi connectivity index (χ1) is 13.2. The summed E-state index contributed by atoms with van der Waals surface area (Å²) in [4.78, 5) is 24.8. The highest BCUT2D eigenvalue weighted by atomic mass is 32.2. The van der Waals surface area contributed by atoms with E-state index in [4.69, 9.17) is 9.15 Å². The van der Waals surface area contributed by atoms with E-state index in [9.17, 15) is 23.3 Å². The summed E-state index contributed by atoms with van der Waals surface area (Å²) in [5.41, 5.74) is -0.0394. The van der Waals surface area contributed by atoms with Gasteiger partial charge >= 0.3 is 5.97 Å². The number of aromatic nitrogens is 1. The van der Waals surface area contributed by atoms with Crippen LogP contribution in [-0.2, 0) is 19.4 Å². The molecule has 1 N–H and O–H groups in total. The van der Waals surface area contributed by atoms with Gasteiger partial charge in [0.05, 0.1) is 11.5 Å². The summed E-state index contributed by atoms with van der Waals surface area (Å²) in [5.74, 6) is -1.18. The van der Waals surface area contributed by atoms with E-state index in [1.165, 1.54) is 13.8 Å². The first-order valence-corrected chi connectivity index (χ1v) is 10.4. The van der Waals surface area contributed by atoms with E-state index >= 15 is 0 Å². The smallest absolute Gasteiger partial charge is 0.343 e. The molecule has 10 heteroatoms. The van der Waals surface area contributed by atoms with E-state index in [1.54, 1.807) is 29.1 Å². The van der Waals surface area contributed by atoms with Gasteiger partial charge in [0, 0.05) is 18.4 Å². The van der Waals surface area contributed by atoms with E-state index in [1.807, 2.05) is 6.07 Å². The number of nitrogens with one attached hydrogen (secondary N) is 1. The summed E-state index contributed by atoms with van der Waals surface area (Å²) in [6.45, 7) is 2.91. The summed E-state index contributed by atoms with van der Waals surface area (Å²) < 4.78 is 35.3. The first kappa shape index (κ1) is 19.7. The van der Waals surface area contributed by atoms with Gasteiger partial charge in [-0.2, -0.15) is 5.26 Å². The maximum atomic E-state index is 12.6. The number of carbonyl (C=O) groups excluding carboxylic acids is 2. The fraction of sp³-hybridized carbons (Fsp3) is 0.389. The number of furan rings is 1. The third-order valence-electron chi connectivity index (χ3n) is 4.45. The van der Waals surface area contributed by atoms with Gasteiger partial charge in [0.25, 0.3) is 5.91 Å². The van der Waals surface area contributed by atoms with Gasteiger partial charge in [-0.15, -0.1) is 0 Å². The number of sulfone groups is 1. The molecule has 0 radical (unpaired) electrons. The van der Waals surface area contributed by atoms with E-state index in [0.717, 1.165) is 0 Å². The van der Waals surface area contributed by atoms with Crippen molar-refractivity contribution in [2.24, 2.45) is 0 Å². The van der Waals surface area contributed by atoms with Gasteiger partial charge in [-0.3, -0.25) is 9.36 Å². The van der Waals surface area contributed by atoms with Crippen LogP contribution in [0.4, 0.5) is 0 Å². The molecule has 0 aliphatic carbocycles. The number of ether oxygens (including phenoxy) is 1. The fourth-order valence-electron chi connectivity index (χ4n) is 3.03.